The fourth-order valence-corrected chi connectivity index (χ4v) is 4.39. The first-order valence-corrected chi connectivity index (χ1v) is 9.84. The zero-order valence-electron chi connectivity index (χ0n) is 16.1. The number of hydrogen-bond acceptors (Lipinski definition) is 6. The molecule has 0 saturated carbocycles. The van der Waals surface area contributed by atoms with Crippen LogP contribution in [0.1, 0.15) is 44.8 Å². The fourth-order valence-electron chi connectivity index (χ4n) is 4.39. The summed E-state index contributed by atoms with van der Waals surface area (Å²) in [5, 5.41) is 17.3. The Hall–Kier alpha value is -3.23. The summed E-state index contributed by atoms with van der Waals surface area (Å²) < 4.78 is 15.3. The number of aliphatic imine (C=N–C) groups is 1. The maximum atomic E-state index is 13.6. The average molecular weight is 405 g/mol. The summed E-state index contributed by atoms with van der Waals surface area (Å²) in [6.45, 7) is 0.821. The highest BCUT2D eigenvalue weighted by Crippen LogP contribution is 2.39. The van der Waals surface area contributed by atoms with E-state index in [1.54, 1.807) is 16.8 Å². The number of nitrogens with one attached hydrogen (secondary N) is 1. The van der Waals surface area contributed by atoms with Crippen LogP contribution in [0.4, 0.5) is 4.39 Å². The second-order valence-corrected chi connectivity index (χ2v) is 7.42. The van der Waals surface area contributed by atoms with E-state index in [2.05, 4.69) is 20.4 Å². The third kappa shape index (κ3) is 3.05. The predicted octanol–water partition coefficient (Wildman–Crippen LogP) is 2.02. The van der Waals surface area contributed by atoms with E-state index < -0.39 is 0 Å². The van der Waals surface area contributed by atoms with Crippen LogP contribution < -0.4 is 5.32 Å². The standard InChI is InChI=1S/C22H20FN5O2/c23-15-6-4-13(5-7-15)20-19(22-26-12-27-28(22)8-9-29)21-18-14(10-24-20)2-1-3-16(18)17(30)11-25-21/h1-7,12,19-20,24,29H,8-11H2. The van der Waals surface area contributed by atoms with Crippen LogP contribution in [0.3, 0.4) is 0 Å². The second-order valence-electron chi connectivity index (χ2n) is 7.42. The average Bonchev–Trinajstić information content (AvgIpc) is 3.14. The molecule has 0 aliphatic carbocycles. The third-order valence-corrected chi connectivity index (χ3v) is 5.71. The van der Waals surface area contributed by atoms with Crippen LogP contribution in [-0.2, 0) is 13.1 Å². The number of carbonyl (C=O) groups is 1. The van der Waals surface area contributed by atoms with Crippen molar-refractivity contribution in [1.29, 1.82) is 0 Å². The van der Waals surface area contributed by atoms with Crippen molar-refractivity contribution in [2.75, 3.05) is 13.2 Å². The van der Waals surface area contributed by atoms with Crippen molar-refractivity contribution in [3.8, 4) is 0 Å². The number of nitrogens with zero attached hydrogens (tertiary/aromatic N) is 4. The lowest BCUT2D eigenvalue weighted by Crippen LogP contribution is -2.33. The number of rotatable bonds is 4. The molecular formula is C22H20FN5O2. The van der Waals surface area contributed by atoms with Gasteiger partial charge in [0.15, 0.2) is 5.78 Å². The molecule has 1 aromatic heterocycles. The van der Waals surface area contributed by atoms with Gasteiger partial charge in [0.05, 0.1) is 24.8 Å². The lowest BCUT2D eigenvalue weighted by atomic mass is 9.82. The van der Waals surface area contributed by atoms with Crippen molar-refractivity contribution in [2.45, 2.75) is 25.0 Å². The summed E-state index contributed by atoms with van der Waals surface area (Å²) in [6.07, 6.45) is 1.46. The Balaban J connectivity index is 1.73. The summed E-state index contributed by atoms with van der Waals surface area (Å²) in [5.74, 6) is -0.0356. The largest absolute Gasteiger partial charge is 0.394 e. The molecule has 3 heterocycles. The van der Waals surface area contributed by atoms with Crippen molar-refractivity contribution in [3.05, 3.63) is 82.7 Å². The zero-order valence-corrected chi connectivity index (χ0v) is 16.1. The van der Waals surface area contributed by atoms with E-state index in [1.165, 1.54) is 18.5 Å². The predicted molar refractivity (Wildman–Crippen MR) is 108 cm³/mol. The topological polar surface area (TPSA) is 92.4 Å². The molecule has 0 bridgehead atoms. The molecule has 2 aliphatic heterocycles. The molecular weight excluding hydrogens is 385 g/mol. The summed E-state index contributed by atoms with van der Waals surface area (Å²) in [6, 6.07) is 11.8. The number of hydrogen-bond donors (Lipinski definition) is 2. The van der Waals surface area contributed by atoms with Crippen molar-refractivity contribution in [1.82, 2.24) is 20.1 Å². The van der Waals surface area contributed by atoms with Gasteiger partial charge >= 0.3 is 0 Å². The first-order chi connectivity index (χ1) is 14.7. The molecule has 3 aromatic rings. The second kappa shape index (κ2) is 7.55. The molecule has 152 valence electrons. The summed E-state index contributed by atoms with van der Waals surface area (Å²) in [4.78, 5) is 21.7. The van der Waals surface area contributed by atoms with Crippen molar-refractivity contribution < 1.29 is 14.3 Å². The van der Waals surface area contributed by atoms with E-state index in [-0.39, 0.29) is 36.7 Å². The molecule has 0 spiro atoms. The quantitative estimate of drug-likeness (QED) is 0.693. The van der Waals surface area contributed by atoms with Crippen molar-refractivity contribution >= 4 is 11.5 Å². The Kier molecular flexibility index (Phi) is 4.72. The number of halogens is 1. The Bertz CT molecular complexity index is 1140. The van der Waals surface area contributed by atoms with Gasteiger partial charge in [-0.3, -0.25) is 9.79 Å². The molecule has 2 unspecified atom stereocenters. The van der Waals surface area contributed by atoms with E-state index in [1.807, 2.05) is 18.2 Å². The monoisotopic (exact) mass is 405 g/mol. The van der Waals surface area contributed by atoms with Gasteiger partial charge in [-0.2, -0.15) is 5.10 Å². The highest BCUT2D eigenvalue weighted by molar-refractivity contribution is 6.18. The van der Waals surface area contributed by atoms with Crippen LogP contribution in [0.2, 0.25) is 0 Å². The molecule has 0 radical (unpaired) electrons. The fraction of sp³-hybridized carbons (Fsp3) is 0.273. The Morgan fingerprint density at radius 3 is 2.83 bits per heavy atom. The molecule has 2 aliphatic rings. The number of carbonyl (C=O) groups excluding carboxylic acids is 1. The van der Waals surface area contributed by atoms with E-state index in [0.29, 0.717) is 24.5 Å². The molecule has 2 aromatic carbocycles. The normalized spacial score (nSPS) is 20.5. The number of aliphatic hydroxyl groups excluding tert-OH is 1. The van der Waals surface area contributed by atoms with Gasteiger partial charge in [-0.15, -0.1) is 0 Å². The van der Waals surface area contributed by atoms with E-state index >= 15 is 0 Å². The van der Waals surface area contributed by atoms with Crippen molar-refractivity contribution in [2.24, 2.45) is 4.99 Å². The molecule has 8 heteroatoms. The Morgan fingerprint density at radius 2 is 2.03 bits per heavy atom. The Labute approximate surface area is 172 Å². The lowest BCUT2D eigenvalue weighted by molar-refractivity contribution is 0.1000. The molecule has 5 rings (SSSR count). The summed E-state index contributed by atoms with van der Waals surface area (Å²) in [5.41, 5.74) is 4.15. The first kappa shape index (κ1) is 18.8. The number of aromatic nitrogens is 3. The van der Waals surface area contributed by atoms with Gasteiger partial charge in [0.25, 0.3) is 0 Å². The number of benzene rings is 2. The highest BCUT2D eigenvalue weighted by atomic mass is 19.1. The van der Waals surface area contributed by atoms with Gasteiger partial charge in [-0.05, 0) is 23.3 Å². The minimum Gasteiger partial charge on any atom is -0.394 e. The summed E-state index contributed by atoms with van der Waals surface area (Å²) >= 11 is 0. The smallest absolute Gasteiger partial charge is 0.184 e. The SMILES string of the molecule is O=C1CN=C2c3c(cccc31)CNC(c1ccc(F)cc1)C2c1ncnn1CCO. The van der Waals surface area contributed by atoms with Gasteiger partial charge < -0.3 is 10.4 Å². The lowest BCUT2D eigenvalue weighted by Gasteiger charge is -2.29. The molecule has 7 nitrogen and oxygen atoms in total. The zero-order chi connectivity index (χ0) is 20.7. The van der Waals surface area contributed by atoms with Crippen molar-refractivity contribution in [3.63, 3.8) is 0 Å². The van der Waals surface area contributed by atoms with E-state index in [9.17, 15) is 14.3 Å². The van der Waals surface area contributed by atoms with Crippen LogP contribution in [0.15, 0.2) is 53.8 Å². The molecule has 0 saturated heterocycles. The van der Waals surface area contributed by atoms with Crippen LogP contribution in [0.5, 0.6) is 0 Å². The number of aliphatic hydroxyl groups is 1. The molecule has 2 atom stereocenters. The van der Waals surface area contributed by atoms with Gasteiger partial charge in [0.2, 0.25) is 0 Å². The van der Waals surface area contributed by atoms with Crippen LogP contribution in [0.25, 0.3) is 0 Å². The van der Waals surface area contributed by atoms with Gasteiger partial charge in [-0.1, -0.05) is 30.3 Å². The molecule has 0 amide bonds. The first-order valence-electron chi connectivity index (χ1n) is 9.84. The van der Waals surface area contributed by atoms with E-state index in [4.69, 9.17) is 0 Å². The third-order valence-electron chi connectivity index (χ3n) is 5.71. The molecule has 30 heavy (non-hydrogen) atoms. The maximum Gasteiger partial charge on any atom is 0.184 e. The summed E-state index contributed by atoms with van der Waals surface area (Å²) in [7, 11) is 0. The Morgan fingerprint density at radius 1 is 1.20 bits per heavy atom. The minimum atomic E-state index is -0.361. The van der Waals surface area contributed by atoms with E-state index in [0.717, 1.165) is 22.4 Å². The van der Waals surface area contributed by atoms with Crippen LogP contribution in [0, 0.1) is 5.82 Å². The number of ketones is 1. The van der Waals surface area contributed by atoms with Crippen LogP contribution >= 0.6 is 0 Å². The molecule has 0 fully saturated rings. The van der Waals surface area contributed by atoms with Crippen LogP contribution in [-0.4, -0.2) is 44.5 Å². The van der Waals surface area contributed by atoms with Gasteiger partial charge in [-0.25, -0.2) is 14.1 Å². The van der Waals surface area contributed by atoms with Gasteiger partial charge in [0, 0.05) is 23.7 Å². The minimum absolute atomic E-state index is 0.00796. The highest BCUT2D eigenvalue weighted by Gasteiger charge is 2.39. The number of Topliss-reactive ketones (excluding diaryl/α,β-unsaturated/α-hetero) is 1. The van der Waals surface area contributed by atoms with Gasteiger partial charge in [0.1, 0.15) is 24.5 Å². The molecule has 2 N–H and O–H groups in total. The maximum absolute atomic E-state index is 13.6.